The van der Waals surface area contributed by atoms with Gasteiger partial charge in [0.05, 0.1) is 4.47 Å². The number of phenols is 1. The van der Waals surface area contributed by atoms with Crippen LogP contribution in [0.1, 0.15) is 5.56 Å². The quantitative estimate of drug-likeness (QED) is 0.790. The largest absolute Gasteiger partial charge is 0.507 e. The minimum atomic E-state index is -0.810. The van der Waals surface area contributed by atoms with Crippen molar-refractivity contribution in [1.29, 1.82) is 0 Å². The van der Waals surface area contributed by atoms with Gasteiger partial charge in [-0.1, -0.05) is 0 Å². The van der Waals surface area contributed by atoms with Crippen molar-refractivity contribution in [2.24, 2.45) is 0 Å². The van der Waals surface area contributed by atoms with Crippen LogP contribution in [-0.2, 0) is 6.54 Å². The summed E-state index contributed by atoms with van der Waals surface area (Å²) in [5, 5.41) is 11.9. The van der Waals surface area contributed by atoms with E-state index in [1.807, 2.05) is 0 Å². The molecule has 0 aliphatic carbocycles. The van der Waals surface area contributed by atoms with Gasteiger partial charge in [0.25, 0.3) is 0 Å². The summed E-state index contributed by atoms with van der Waals surface area (Å²) in [6.07, 6.45) is 0. The van der Waals surface area contributed by atoms with E-state index in [4.69, 9.17) is 0 Å². The van der Waals surface area contributed by atoms with Gasteiger partial charge in [-0.25, -0.2) is 8.78 Å². The zero-order chi connectivity index (χ0) is 10.0. The smallest absolute Gasteiger partial charge is 0.148 e. The molecular formula is C8H8BrF2NO. The van der Waals surface area contributed by atoms with Gasteiger partial charge in [0, 0.05) is 18.2 Å². The van der Waals surface area contributed by atoms with Crippen molar-refractivity contribution in [3.63, 3.8) is 0 Å². The monoisotopic (exact) mass is 251 g/mol. The van der Waals surface area contributed by atoms with Gasteiger partial charge in [-0.2, -0.15) is 0 Å². The maximum absolute atomic E-state index is 13.2. The number of hydrogen-bond acceptors (Lipinski definition) is 2. The van der Waals surface area contributed by atoms with Gasteiger partial charge in [-0.05, 0) is 23.0 Å². The Bertz CT molecular complexity index is 330. The van der Waals surface area contributed by atoms with E-state index in [1.54, 1.807) is 7.05 Å². The molecule has 1 aromatic carbocycles. The Labute approximate surface area is 82.7 Å². The molecule has 0 unspecified atom stereocenters. The molecule has 0 heterocycles. The van der Waals surface area contributed by atoms with Crippen molar-refractivity contribution in [1.82, 2.24) is 5.32 Å². The van der Waals surface area contributed by atoms with Gasteiger partial charge in [-0.3, -0.25) is 0 Å². The van der Waals surface area contributed by atoms with E-state index in [0.29, 0.717) is 0 Å². The van der Waals surface area contributed by atoms with Gasteiger partial charge in [0.2, 0.25) is 0 Å². The summed E-state index contributed by atoms with van der Waals surface area (Å²) in [4.78, 5) is 0. The molecule has 72 valence electrons. The third-order valence-corrected chi connectivity index (χ3v) is 2.32. The molecule has 2 N–H and O–H groups in total. The van der Waals surface area contributed by atoms with Crippen molar-refractivity contribution in [3.8, 4) is 5.75 Å². The van der Waals surface area contributed by atoms with Crippen LogP contribution in [0.2, 0.25) is 0 Å². The van der Waals surface area contributed by atoms with Crippen LogP contribution in [-0.4, -0.2) is 12.2 Å². The fourth-order valence-electron chi connectivity index (χ4n) is 0.965. The normalized spacial score (nSPS) is 10.5. The number of phenolic OH excluding ortho intramolecular Hbond substituents is 1. The summed E-state index contributed by atoms with van der Waals surface area (Å²) in [7, 11) is 1.61. The van der Waals surface area contributed by atoms with Gasteiger partial charge in [-0.15, -0.1) is 0 Å². The fourth-order valence-corrected chi connectivity index (χ4v) is 1.32. The second-order valence-electron chi connectivity index (χ2n) is 2.51. The molecule has 0 bridgehead atoms. The van der Waals surface area contributed by atoms with Crippen molar-refractivity contribution in [2.45, 2.75) is 6.54 Å². The van der Waals surface area contributed by atoms with Crippen LogP contribution < -0.4 is 5.32 Å². The Morgan fingerprint density at radius 2 is 2.15 bits per heavy atom. The highest BCUT2D eigenvalue weighted by Gasteiger charge is 2.15. The maximum Gasteiger partial charge on any atom is 0.148 e. The van der Waals surface area contributed by atoms with E-state index in [0.717, 1.165) is 6.07 Å². The van der Waals surface area contributed by atoms with Gasteiger partial charge in [0.1, 0.15) is 17.4 Å². The molecule has 0 fully saturated rings. The predicted molar refractivity (Wildman–Crippen MR) is 48.5 cm³/mol. The van der Waals surface area contributed by atoms with E-state index >= 15 is 0 Å². The minimum Gasteiger partial charge on any atom is -0.507 e. The van der Waals surface area contributed by atoms with Gasteiger partial charge >= 0.3 is 0 Å². The lowest BCUT2D eigenvalue weighted by Gasteiger charge is -2.07. The highest BCUT2D eigenvalue weighted by atomic mass is 79.9. The van der Waals surface area contributed by atoms with Crippen molar-refractivity contribution in [2.75, 3.05) is 7.05 Å². The summed E-state index contributed by atoms with van der Waals surface area (Å²) >= 11 is 2.75. The van der Waals surface area contributed by atoms with E-state index in [-0.39, 0.29) is 22.3 Å². The fraction of sp³-hybridized carbons (Fsp3) is 0.250. The van der Waals surface area contributed by atoms with E-state index in [9.17, 15) is 13.9 Å². The lowest BCUT2D eigenvalue weighted by Crippen LogP contribution is -2.08. The molecule has 1 rings (SSSR count). The van der Waals surface area contributed by atoms with Crippen molar-refractivity contribution in [3.05, 3.63) is 27.7 Å². The molecule has 0 atom stereocenters. The molecule has 0 radical (unpaired) electrons. The van der Waals surface area contributed by atoms with E-state index < -0.39 is 11.6 Å². The molecule has 1 aromatic rings. The third kappa shape index (κ3) is 1.97. The zero-order valence-corrected chi connectivity index (χ0v) is 8.45. The summed E-state index contributed by atoms with van der Waals surface area (Å²) in [5.41, 5.74) is 0.0516. The number of hydrogen-bond donors (Lipinski definition) is 2. The Morgan fingerprint density at radius 3 is 2.69 bits per heavy atom. The van der Waals surface area contributed by atoms with Crippen LogP contribution in [0.4, 0.5) is 8.78 Å². The highest BCUT2D eigenvalue weighted by molar-refractivity contribution is 9.10. The van der Waals surface area contributed by atoms with Crippen LogP contribution >= 0.6 is 15.9 Å². The third-order valence-electron chi connectivity index (χ3n) is 1.59. The molecule has 0 aromatic heterocycles. The summed E-state index contributed by atoms with van der Waals surface area (Å²) in [5.74, 6) is -1.96. The number of aromatic hydroxyl groups is 1. The maximum atomic E-state index is 13.2. The Hall–Kier alpha value is -0.680. The summed E-state index contributed by atoms with van der Waals surface area (Å²) in [6.45, 7) is 0.149. The lowest BCUT2D eigenvalue weighted by molar-refractivity contribution is 0.445. The number of nitrogens with one attached hydrogen (secondary N) is 1. The molecule has 0 saturated carbocycles. The number of rotatable bonds is 2. The molecule has 5 heteroatoms. The van der Waals surface area contributed by atoms with Gasteiger partial charge in [0.15, 0.2) is 0 Å². The molecule has 0 saturated heterocycles. The average Bonchev–Trinajstić information content (AvgIpc) is 2.09. The van der Waals surface area contributed by atoms with Crippen LogP contribution in [0, 0.1) is 11.6 Å². The summed E-state index contributed by atoms with van der Waals surface area (Å²) in [6, 6.07) is 0.875. The lowest BCUT2D eigenvalue weighted by atomic mass is 10.2. The molecule has 0 amide bonds. The first-order valence-corrected chi connectivity index (χ1v) is 4.37. The van der Waals surface area contributed by atoms with E-state index in [2.05, 4.69) is 21.2 Å². The topological polar surface area (TPSA) is 32.3 Å². The second kappa shape index (κ2) is 4.02. The molecule has 0 aliphatic heterocycles. The first kappa shape index (κ1) is 10.4. The second-order valence-corrected chi connectivity index (χ2v) is 3.31. The molecule has 2 nitrogen and oxygen atoms in total. The zero-order valence-electron chi connectivity index (χ0n) is 6.87. The number of benzene rings is 1. The standard InChI is InChI=1S/C8H8BrF2NO/c1-12-3-4-6(13)2-5(10)7(9)8(4)11/h2,12-13H,3H2,1H3. The molecule has 13 heavy (non-hydrogen) atoms. The highest BCUT2D eigenvalue weighted by Crippen LogP contribution is 2.29. The Morgan fingerprint density at radius 1 is 1.54 bits per heavy atom. The van der Waals surface area contributed by atoms with Crippen molar-refractivity contribution < 1.29 is 13.9 Å². The Kier molecular flexibility index (Phi) is 3.22. The van der Waals surface area contributed by atoms with Gasteiger partial charge < -0.3 is 10.4 Å². The first-order valence-electron chi connectivity index (χ1n) is 3.58. The molecule has 0 aliphatic rings. The molecule has 0 spiro atoms. The first-order chi connectivity index (χ1) is 6.07. The molecular weight excluding hydrogens is 244 g/mol. The SMILES string of the molecule is CNCc1c(O)cc(F)c(Br)c1F. The predicted octanol–water partition coefficient (Wildman–Crippen LogP) is 2.15. The average molecular weight is 252 g/mol. The van der Waals surface area contributed by atoms with Crippen LogP contribution in [0.3, 0.4) is 0 Å². The minimum absolute atomic E-state index is 0.0516. The van der Waals surface area contributed by atoms with E-state index in [1.165, 1.54) is 0 Å². The Balaban J connectivity index is 3.26. The van der Waals surface area contributed by atoms with Crippen LogP contribution in [0.25, 0.3) is 0 Å². The number of halogens is 3. The van der Waals surface area contributed by atoms with Crippen molar-refractivity contribution >= 4 is 15.9 Å². The van der Waals surface area contributed by atoms with Crippen LogP contribution in [0.5, 0.6) is 5.75 Å². The van der Waals surface area contributed by atoms with Crippen LogP contribution in [0.15, 0.2) is 10.5 Å². The summed E-state index contributed by atoms with van der Waals surface area (Å²) < 4.78 is 25.8.